The Morgan fingerprint density at radius 2 is 1.81 bits per heavy atom. The van der Waals surface area contributed by atoms with E-state index in [2.05, 4.69) is 32.7 Å². The number of nitrogens with zero attached hydrogens (tertiary/aromatic N) is 2. The molecule has 2 aliphatic heterocycles. The van der Waals surface area contributed by atoms with Crippen molar-refractivity contribution in [2.75, 3.05) is 0 Å². The normalized spacial score (nSPS) is 21.7. The summed E-state index contributed by atoms with van der Waals surface area (Å²) in [5, 5.41) is 0. The number of fused-ring (bicyclic) bond motifs is 1. The predicted octanol–water partition coefficient (Wildman–Crippen LogP) is 3.30. The molecule has 1 fully saturated rings. The van der Waals surface area contributed by atoms with Gasteiger partial charge in [0, 0.05) is 23.5 Å². The summed E-state index contributed by atoms with van der Waals surface area (Å²) < 4.78 is 18.2. The molecule has 2 aromatic rings. The Morgan fingerprint density at radius 1 is 1.08 bits per heavy atom. The lowest BCUT2D eigenvalue weighted by Gasteiger charge is -2.32. The van der Waals surface area contributed by atoms with Gasteiger partial charge in [-0.25, -0.2) is 4.99 Å². The van der Waals surface area contributed by atoms with Gasteiger partial charge in [0.25, 0.3) is 0 Å². The molecular weight excluding hydrogens is 327 g/mol. The van der Waals surface area contributed by atoms with Crippen LogP contribution in [0.15, 0.2) is 41.7 Å². The molecule has 0 N–H and O–H groups in total. The summed E-state index contributed by atoms with van der Waals surface area (Å²) in [4.78, 5) is 8.90. The zero-order valence-corrected chi connectivity index (χ0v) is 15.9. The van der Waals surface area contributed by atoms with E-state index in [9.17, 15) is 0 Å². The maximum atomic E-state index is 6.20. The van der Waals surface area contributed by atoms with Crippen LogP contribution in [-0.4, -0.2) is 29.2 Å². The summed E-state index contributed by atoms with van der Waals surface area (Å²) in [5.74, 6) is 0.636. The van der Waals surface area contributed by atoms with E-state index in [-0.39, 0.29) is 11.2 Å². The quantitative estimate of drug-likeness (QED) is 0.780. The van der Waals surface area contributed by atoms with E-state index in [0.717, 1.165) is 27.8 Å². The van der Waals surface area contributed by atoms with Crippen LogP contribution in [0.5, 0.6) is 0 Å². The number of aromatic nitrogens is 1. The van der Waals surface area contributed by atoms with Gasteiger partial charge in [0.05, 0.1) is 16.9 Å². The minimum atomic E-state index is -0.402. The Kier molecular flexibility index (Phi) is 3.93. The van der Waals surface area contributed by atoms with Gasteiger partial charge in [-0.05, 0) is 57.8 Å². The third kappa shape index (κ3) is 2.74. The number of hydrogen-bond donors (Lipinski definition) is 0. The monoisotopic (exact) mass is 350 g/mol. The fraction of sp³-hybridized carbons (Fsp3) is 0.400. The van der Waals surface area contributed by atoms with Crippen LogP contribution in [0.25, 0.3) is 0 Å². The lowest BCUT2D eigenvalue weighted by atomic mass is 9.76. The van der Waals surface area contributed by atoms with Crippen molar-refractivity contribution in [1.29, 1.82) is 0 Å². The van der Waals surface area contributed by atoms with Gasteiger partial charge < -0.3 is 14.0 Å². The molecule has 26 heavy (non-hydrogen) atoms. The van der Waals surface area contributed by atoms with Crippen LogP contribution in [0.1, 0.15) is 44.4 Å². The van der Waals surface area contributed by atoms with Crippen LogP contribution in [0.2, 0.25) is 0 Å². The van der Waals surface area contributed by atoms with E-state index in [1.807, 2.05) is 37.4 Å². The molecule has 6 heteroatoms. The molecule has 1 saturated heterocycles. The molecule has 0 saturated carbocycles. The van der Waals surface area contributed by atoms with Crippen LogP contribution >= 0.6 is 0 Å². The molecular formula is C20H23BN2O3. The Balaban J connectivity index is 1.69. The molecule has 0 aliphatic carbocycles. The van der Waals surface area contributed by atoms with Gasteiger partial charge in [-0.1, -0.05) is 12.1 Å². The van der Waals surface area contributed by atoms with Crippen molar-refractivity contribution in [2.45, 2.75) is 52.4 Å². The standard InChI is InChI=1S/C20H23BN2O3/c1-13-16(21-25-19(2,3)20(4,5)26-21)7-6-8-17(13)23-18-15-9-10-22-11-14(15)12-24-18/h6-11H,12H2,1-5H3. The Hall–Kier alpha value is -2.18. The lowest BCUT2D eigenvalue weighted by molar-refractivity contribution is 0.00578. The molecule has 0 unspecified atom stereocenters. The maximum Gasteiger partial charge on any atom is 0.495 e. The van der Waals surface area contributed by atoms with Crippen LogP contribution in [0.3, 0.4) is 0 Å². The van der Waals surface area contributed by atoms with Crippen LogP contribution < -0.4 is 5.46 Å². The highest BCUT2D eigenvalue weighted by Crippen LogP contribution is 2.37. The summed E-state index contributed by atoms with van der Waals surface area (Å²) in [5.41, 5.74) is 4.21. The summed E-state index contributed by atoms with van der Waals surface area (Å²) in [6.07, 6.45) is 3.59. The minimum Gasteiger partial charge on any atom is -0.472 e. The lowest BCUT2D eigenvalue weighted by Crippen LogP contribution is -2.41. The van der Waals surface area contributed by atoms with Crippen molar-refractivity contribution >= 4 is 24.2 Å². The molecule has 1 aromatic heterocycles. The van der Waals surface area contributed by atoms with Crippen molar-refractivity contribution in [3.05, 3.63) is 53.3 Å². The number of benzene rings is 1. The van der Waals surface area contributed by atoms with Crippen LogP contribution in [0.4, 0.5) is 5.69 Å². The first-order valence-corrected chi connectivity index (χ1v) is 8.88. The third-order valence-electron chi connectivity index (χ3n) is 5.57. The van der Waals surface area contributed by atoms with Gasteiger partial charge in [-0.2, -0.15) is 0 Å². The van der Waals surface area contributed by atoms with Gasteiger partial charge >= 0.3 is 7.12 Å². The highest BCUT2D eigenvalue weighted by molar-refractivity contribution is 6.62. The Morgan fingerprint density at radius 3 is 2.54 bits per heavy atom. The van der Waals surface area contributed by atoms with Gasteiger partial charge in [0.2, 0.25) is 5.90 Å². The van der Waals surface area contributed by atoms with Gasteiger partial charge in [-0.3, -0.25) is 4.98 Å². The first-order chi connectivity index (χ1) is 12.3. The van der Waals surface area contributed by atoms with Crippen LogP contribution in [0, 0.1) is 6.92 Å². The van der Waals surface area contributed by atoms with Crippen molar-refractivity contribution in [3.63, 3.8) is 0 Å². The van der Waals surface area contributed by atoms with Crippen molar-refractivity contribution in [3.8, 4) is 0 Å². The second-order valence-electron chi connectivity index (χ2n) is 7.82. The zero-order chi connectivity index (χ0) is 18.5. The molecule has 1 aromatic carbocycles. The van der Waals surface area contributed by atoms with Gasteiger partial charge in [0.15, 0.2) is 0 Å². The maximum absolute atomic E-state index is 6.20. The van der Waals surface area contributed by atoms with E-state index in [0.29, 0.717) is 12.5 Å². The fourth-order valence-electron chi connectivity index (χ4n) is 3.16. The average molecular weight is 350 g/mol. The minimum absolute atomic E-state index is 0.369. The van der Waals surface area contributed by atoms with Crippen molar-refractivity contribution < 1.29 is 14.0 Å². The molecule has 134 valence electrons. The molecule has 0 radical (unpaired) electrons. The fourth-order valence-corrected chi connectivity index (χ4v) is 3.16. The summed E-state index contributed by atoms with van der Waals surface area (Å²) in [7, 11) is -0.402. The van der Waals surface area contributed by atoms with Crippen LogP contribution in [-0.2, 0) is 20.7 Å². The molecule has 2 aliphatic rings. The van der Waals surface area contributed by atoms with Crippen molar-refractivity contribution in [2.24, 2.45) is 4.99 Å². The molecule has 0 spiro atoms. The summed E-state index contributed by atoms with van der Waals surface area (Å²) in [6.45, 7) is 10.8. The predicted molar refractivity (Wildman–Crippen MR) is 102 cm³/mol. The van der Waals surface area contributed by atoms with E-state index in [4.69, 9.17) is 19.0 Å². The summed E-state index contributed by atoms with van der Waals surface area (Å²) >= 11 is 0. The molecule has 0 atom stereocenters. The molecule has 3 heterocycles. The number of ether oxygens (including phenoxy) is 1. The van der Waals surface area contributed by atoms with E-state index in [1.54, 1.807) is 6.20 Å². The van der Waals surface area contributed by atoms with Gasteiger partial charge in [-0.15, -0.1) is 0 Å². The smallest absolute Gasteiger partial charge is 0.472 e. The third-order valence-corrected chi connectivity index (χ3v) is 5.57. The number of rotatable bonds is 2. The Labute approximate surface area is 154 Å². The molecule has 0 amide bonds. The largest absolute Gasteiger partial charge is 0.495 e. The molecule has 4 rings (SSSR count). The second-order valence-corrected chi connectivity index (χ2v) is 7.82. The topological polar surface area (TPSA) is 52.9 Å². The average Bonchev–Trinajstić information content (AvgIpc) is 3.08. The highest BCUT2D eigenvalue weighted by Gasteiger charge is 2.52. The number of hydrogen-bond acceptors (Lipinski definition) is 5. The van der Waals surface area contributed by atoms with E-state index in [1.165, 1.54) is 0 Å². The number of aliphatic imine (C=N–C) groups is 1. The van der Waals surface area contributed by atoms with E-state index < -0.39 is 7.12 Å². The Bertz CT molecular complexity index is 876. The SMILES string of the molecule is Cc1c(N=C2OCc3cnccc32)cccc1B1OC(C)(C)C(C)(C)O1. The second kappa shape index (κ2) is 5.93. The van der Waals surface area contributed by atoms with Gasteiger partial charge in [0.1, 0.15) is 6.61 Å². The van der Waals surface area contributed by atoms with Crippen molar-refractivity contribution in [1.82, 2.24) is 4.98 Å². The molecule has 5 nitrogen and oxygen atoms in total. The van der Waals surface area contributed by atoms with E-state index >= 15 is 0 Å². The first-order valence-electron chi connectivity index (χ1n) is 8.88. The zero-order valence-electron chi connectivity index (χ0n) is 15.9. The number of pyridine rings is 1. The molecule has 0 bridgehead atoms. The summed E-state index contributed by atoms with van der Waals surface area (Å²) in [6, 6.07) is 7.94. The highest BCUT2D eigenvalue weighted by atomic mass is 16.7. The first kappa shape index (κ1) is 17.2.